The molecule has 2 aromatic heterocycles. The van der Waals surface area contributed by atoms with Gasteiger partial charge >= 0.3 is 0 Å². The first-order chi connectivity index (χ1) is 10.0. The second kappa shape index (κ2) is 5.56. The van der Waals surface area contributed by atoms with Gasteiger partial charge in [0.15, 0.2) is 10.8 Å². The van der Waals surface area contributed by atoms with Crippen molar-refractivity contribution in [2.45, 2.75) is 6.54 Å². The van der Waals surface area contributed by atoms with E-state index in [1.54, 1.807) is 11.3 Å². The summed E-state index contributed by atoms with van der Waals surface area (Å²) in [4.78, 5) is 7.85. The zero-order valence-electron chi connectivity index (χ0n) is 12.1. The molecule has 2 aromatic rings. The zero-order valence-corrected chi connectivity index (χ0v) is 13.7. The average Bonchev–Trinajstić information content (AvgIpc) is 3.01. The summed E-state index contributed by atoms with van der Waals surface area (Å²) in [5.74, 6) is 0.962. The van der Waals surface area contributed by atoms with Crippen molar-refractivity contribution < 1.29 is 8.42 Å². The molecule has 1 aliphatic heterocycles. The highest BCUT2D eigenvalue weighted by Crippen LogP contribution is 2.25. The minimum Gasteiger partial charge on any atom is -0.352 e. The predicted molar refractivity (Wildman–Crippen MR) is 84.5 cm³/mol. The smallest absolute Gasteiger partial charge is 0.211 e. The van der Waals surface area contributed by atoms with Gasteiger partial charge in [-0.05, 0) is 7.05 Å². The van der Waals surface area contributed by atoms with Crippen molar-refractivity contribution in [2.75, 3.05) is 44.4 Å². The summed E-state index contributed by atoms with van der Waals surface area (Å²) in [6.07, 6.45) is 3.29. The van der Waals surface area contributed by atoms with Gasteiger partial charge in [-0.3, -0.25) is 4.40 Å². The Morgan fingerprint density at radius 3 is 2.67 bits per heavy atom. The van der Waals surface area contributed by atoms with E-state index in [1.807, 2.05) is 18.6 Å². The zero-order chi connectivity index (χ0) is 15.0. The molecule has 0 spiro atoms. The first-order valence-corrected chi connectivity index (χ1v) is 9.52. The monoisotopic (exact) mass is 329 g/mol. The number of rotatable bonds is 4. The molecule has 1 N–H and O–H groups in total. The fourth-order valence-corrected chi connectivity index (χ4v) is 4.19. The lowest BCUT2D eigenvalue weighted by Gasteiger charge is -2.33. The maximum Gasteiger partial charge on any atom is 0.211 e. The van der Waals surface area contributed by atoms with Crippen LogP contribution in [0.5, 0.6) is 0 Å². The van der Waals surface area contributed by atoms with Gasteiger partial charge in [-0.15, -0.1) is 11.3 Å². The van der Waals surface area contributed by atoms with Crippen molar-refractivity contribution in [1.29, 1.82) is 0 Å². The van der Waals surface area contributed by atoms with Gasteiger partial charge < -0.3 is 10.2 Å². The Kier molecular flexibility index (Phi) is 3.91. The molecule has 0 saturated carbocycles. The van der Waals surface area contributed by atoms with Gasteiger partial charge in [0.2, 0.25) is 10.0 Å². The van der Waals surface area contributed by atoms with E-state index in [9.17, 15) is 8.42 Å². The van der Waals surface area contributed by atoms with E-state index in [0.717, 1.165) is 23.0 Å². The Hall–Kier alpha value is -1.16. The third kappa shape index (κ3) is 2.78. The van der Waals surface area contributed by atoms with Crippen molar-refractivity contribution in [2.24, 2.45) is 0 Å². The fourth-order valence-electron chi connectivity index (χ4n) is 2.64. The summed E-state index contributed by atoms with van der Waals surface area (Å²) in [6, 6.07) is 0. The minimum atomic E-state index is -3.09. The maximum atomic E-state index is 11.6. The van der Waals surface area contributed by atoms with Crippen LogP contribution in [-0.2, 0) is 16.6 Å². The second-order valence-corrected chi connectivity index (χ2v) is 7.97. The van der Waals surface area contributed by atoms with Crippen LogP contribution < -0.4 is 10.2 Å². The Morgan fingerprint density at radius 1 is 1.33 bits per heavy atom. The van der Waals surface area contributed by atoms with Crippen molar-refractivity contribution >= 4 is 32.1 Å². The molecular weight excluding hydrogens is 310 g/mol. The molecule has 1 aliphatic rings. The van der Waals surface area contributed by atoms with Gasteiger partial charge in [-0.2, -0.15) is 4.31 Å². The largest absolute Gasteiger partial charge is 0.352 e. The summed E-state index contributed by atoms with van der Waals surface area (Å²) in [5.41, 5.74) is 1.13. The van der Waals surface area contributed by atoms with Crippen molar-refractivity contribution in [3.8, 4) is 0 Å². The van der Waals surface area contributed by atoms with Crippen LogP contribution in [0.2, 0.25) is 0 Å². The van der Waals surface area contributed by atoms with E-state index in [2.05, 4.69) is 14.6 Å². The molecular formula is C12H19N5O2S2. The second-order valence-electron chi connectivity index (χ2n) is 5.12. The number of hydrogen-bond acceptors (Lipinski definition) is 6. The highest BCUT2D eigenvalue weighted by Gasteiger charge is 2.26. The van der Waals surface area contributed by atoms with E-state index < -0.39 is 10.0 Å². The normalized spacial score (nSPS) is 17.7. The number of thiazole rings is 1. The number of fused-ring (bicyclic) bond motifs is 1. The van der Waals surface area contributed by atoms with E-state index in [0.29, 0.717) is 26.2 Å². The topological polar surface area (TPSA) is 69.9 Å². The Morgan fingerprint density at radius 2 is 2.05 bits per heavy atom. The van der Waals surface area contributed by atoms with Gasteiger partial charge in [0.25, 0.3) is 0 Å². The fraction of sp³-hybridized carbons (Fsp3) is 0.583. The summed E-state index contributed by atoms with van der Waals surface area (Å²) < 4.78 is 26.8. The number of hydrogen-bond donors (Lipinski definition) is 1. The Balaban J connectivity index is 1.85. The van der Waals surface area contributed by atoms with Gasteiger partial charge in [-0.1, -0.05) is 0 Å². The number of anilines is 1. The van der Waals surface area contributed by atoms with E-state index >= 15 is 0 Å². The van der Waals surface area contributed by atoms with Crippen LogP contribution in [0.15, 0.2) is 11.6 Å². The molecule has 0 atom stereocenters. The molecule has 7 nitrogen and oxygen atoms in total. The molecule has 3 rings (SSSR count). The van der Waals surface area contributed by atoms with E-state index in [-0.39, 0.29) is 0 Å². The molecule has 21 heavy (non-hydrogen) atoms. The van der Waals surface area contributed by atoms with E-state index in [1.165, 1.54) is 10.6 Å². The average molecular weight is 329 g/mol. The number of piperazine rings is 1. The molecule has 3 heterocycles. The van der Waals surface area contributed by atoms with Crippen LogP contribution in [0.3, 0.4) is 0 Å². The summed E-state index contributed by atoms with van der Waals surface area (Å²) in [5, 5.41) is 5.20. The number of imidazole rings is 1. The van der Waals surface area contributed by atoms with Gasteiger partial charge in [0.05, 0.1) is 11.9 Å². The van der Waals surface area contributed by atoms with Crippen LogP contribution in [0, 0.1) is 0 Å². The maximum absolute atomic E-state index is 11.6. The van der Waals surface area contributed by atoms with Crippen LogP contribution in [0.1, 0.15) is 5.69 Å². The third-order valence-corrected chi connectivity index (χ3v) is 5.75. The lowest BCUT2D eigenvalue weighted by molar-refractivity contribution is 0.386. The van der Waals surface area contributed by atoms with Crippen LogP contribution in [0.25, 0.3) is 4.96 Å². The predicted octanol–water partition coefficient (Wildman–Crippen LogP) is 0.197. The number of sulfonamides is 1. The van der Waals surface area contributed by atoms with Crippen molar-refractivity contribution in [1.82, 2.24) is 19.0 Å². The van der Waals surface area contributed by atoms with Crippen LogP contribution in [-0.4, -0.2) is 61.6 Å². The van der Waals surface area contributed by atoms with Crippen LogP contribution in [0.4, 0.5) is 5.82 Å². The molecule has 0 unspecified atom stereocenters. The molecule has 0 aliphatic carbocycles. The number of aromatic nitrogens is 2. The standard InChI is InChI=1S/C12H19N5O2S2/c1-13-9-10-11(14-12-17(10)7-8-20-12)15-3-5-16(6-4-15)21(2,18)19/h7-8,13H,3-6,9H2,1-2H3. The Bertz CT molecular complexity index is 728. The minimum absolute atomic E-state index is 0.517. The first kappa shape index (κ1) is 14.8. The van der Waals surface area contributed by atoms with Gasteiger partial charge in [0, 0.05) is 44.3 Å². The molecule has 0 amide bonds. The van der Waals surface area contributed by atoms with Crippen LogP contribution >= 0.6 is 11.3 Å². The first-order valence-electron chi connectivity index (χ1n) is 6.80. The van der Waals surface area contributed by atoms with Crippen molar-refractivity contribution in [3.63, 3.8) is 0 Å². The molecule has 1 fully saturated rings. The number of nitrogens with one attached hydrogen (secondary N) is 1. The molecule has 0 radical (unpaired) electrons. The lowest BCUT2D eigenvalue weighted by atomic mass is 10.3. The SMILES string of the molecule is CNCc1c(N2CCN(S(C)(=O)=O)CC2)nc2sccn12. The quantitative estimate of drug-likeness (QED) is 0.868. The molecule has 116 valence electrons. The highest BCUT2D eigenvalue weighted by atomic mass is 32.2. The molecule has 0 aromatic carbocycles. The molecule has 1 saturated heterocycles. The van der Waals surface area contributed by atoms with Crippen molar-refractivity contribution in [3.05, 3.63) is 17.3 Å². The van der Waals surface area contributed by atoms with E-state index in [4.69, 9.17) is 4.98 Å². The molecule has 0 bridgehead atoms. The number of nitrogens with zero attached hydrogens (tertiary/aromatic N) is 4. The van der Waals surface area contributed by atoms with Gasteiger partial charge in [-0.25, -0.2) is 13.4 Å². The van der Waals surface area contributed by atoms with Gasteiger partial charge in [0.1, 0.15) is 0 Å². The highest BCUT2D eigenvalue weighted by molar-refractivity contribution is 7.88. The summed E-state index contributed by atoms with van der Waals surface area (Å²) in [7, 11) is -1.18. The Labute approximate surface area is 128 Å². The molecule has 9 heteroatoms. The lowest BCUT2D eigenvalue weighted by Crippen LogP contribution is -2.48. The third-order valence-electron chi connectivity index (χ3n) is 3.69. The summed E-state index contributed by atoms with van der Waals surface area (Å²) in [6.45, 7) is 3.12. The summed E-state index contributed by atoms with van der Waals surface area (Å²) >= 11 is 1.61.